The molecule has 9 heteroatoms. The van der Waals surface area contributed by atoms with Gasteiger partial charge in [0.2, 0.25) is 0 Å². The molecule has 1 aromatic carbocycles. The Morgan fingerprint density at radius 3 is 2.57 bits per heavy atom. The number of benzene rings is 1. The molecule has 0 atom stereocenters. The second-order valence-electron chi connectivity index (χ2n) is 4.18. The average Bonchev–Trinajstić information content (AvgIpc) is 2.37. The van der Waals surface area contributed by atoms with Crippen molar-refractivity contribution in [3.63, 3.8) is 0 Å². The zero-order valence-corrected chi connectivity index (χ0v) is 14.6. The lowest BCUT2D eigenvalue weighted by atomic mass is 10.3. The highest BCUT2D eigenvalue weighted by molar-refractivity contribution is 9.10. The first kappa shape index (κ1) is 16.4. The van der Waals surface area contributed by atoms with Crippen LogP contribution < -0.4 is 10.5 Å². The second kappa shape index (κ2) is 6.00. The molecule has 0 bridgehead atoms. The van der Waals surface area contributed by atoms with Crippen molar-refractivity contribution in [3.8, 4) is 0 Å². The Labute approximate surface area is 140 Å². The number of hydrogen-bond donors (Lipinski definition) is 2. The molecule has 0 saturated heterocycles. The van der Waals surface area contributed by atoms with Gasteiger partial charge in [-0.2, -0.15) is 0 Å². The summed E-state index contributed by atoms with van der Waals surface area (Å²) >= 11 is 14.8. The molecule has 0 aliphatic heterocycles. The van der Waals surface area contributed by atoms with E-state index >= 15 is 0 Å². The van der Waals surface area contributed by atoms with Crippen molar-refractivity contribution in [2.75, 3.05) is 10.5 Å². The lowest BCUT2D eigenvalue weighted by molar-refractivity contribution is 0.600. The van der Waals surface area contributed by atoms with Gasteiger partial charge >= 0.3 is 0 Å². The Hall–Kier alpha value is -1.02. The molecule has 1 aromatic heterocycles. The lowest BCUT2D eigenvalue weighted by Crippen LogP contribution is -2.15. The summed E-state index contributed by atoms with van der Waals surface area (Å²) in [4.78, 5) is 3.93. The molecule has 0 radical (unpaired) electrons. The summed E-state index contributed by atoms with van der Waals surface area (Å²) in [7, 11) is -3.87. The third kappa shape index (κ3) is 3.60. The monoisotopic (exact) mass is 409 g/mol. The number of nitrogens with one attached hydrogen (secondary N) is 1. The fourth-order valence-electron chi connectivity index (χ4n) is 1.62. The van der Waals surface area contributed by atoms with Gasteiger partial charge in [-0.3, -0.25) is 4.72 Å². The molecular weight excluding hydrogens is 401 g/mol. The predicted molar refractivity (Wildman–Crippen MR) is 88.4 cm³/mol. The summed E-state index contributed by atoms with van der Waals surface area (Å²) in [5, 5.41) is 0.505. The van der Waals surface area contributed by atoms with Crippen LogP contribution in [-0.2, 0) is 10.0 Å². The molecular formula is C12H10BrCl2N3O2S. The van der Waals surface area contributed by atoms with Crippen LogP contribution >= 0.6 is 39.1 Å². The van der Waals surface area contributed by atoms with Crippen molar-refractivity contribution in [2.45, 2.75) is 11.8 Å². The third-order valence-electron chi connectivity index (χ3n) is 2.62. The number of nitrogens with two attached hydrogens (primary N) is 1. The minimum Gasteiger partial charge on any atom is -0.398 e. The van der Waals surface area contributed by atoms with Gasteiger partial charge in [0.1, 0.15) is 10.0 Å². The van der Waals surface area contributed by atoms with Crippen molar-refractivity contribution >= 4 is 60.5 Å². The van der Waals surface area contributed by atoms with Crippen molar-refractivity contribution in [3.05, 3.63) is 44.6 Å². The first-order valence-electron chi connectivity index (χ1n) is 5.61. The van der Waals surface area contributed by atoms with Gasteiger partial charge in [0.25, 0.3) is 10.0 Å². The van der Waals surface area contributed by atoms with Gasteiger partial charge < -0.3 is 5.73 Å². The van der Waals surface area contributed by atoms with E-state index in [0.29, 0.717) is 11.4 Å². The molecule has 21 heavy (non-hydrogen) atoms. The molecule has 5 nitrogen and oxygen atoms in total. The van der Waals surface area contributed by atoms with E-state index in [-0.39, 0.29) is 25.2 Å². The van der Waals surface area contributed by atoms with Crippen LogP contribution in [0.4, 0.5) is 11.4 Å². The van der Waals surface area contributed by atoms with Gasteiger partial charge in [0.15, 0.2) is 0 Å². The smallest absolute Gasteiger partial charge is 0.263 e. The highest BCUT2D eigenvalue weighted by Crippen LogP contribution is 2.32. The van der Waals surface area contributed by atoms with E-state index in [1.807, 2.05) is 0 Å². The number of aryl methyl sites for hydroxylation is 1. The second-order valence-corrected chi connectivity index (χ2v) is 7.45. The van der Waals surface area contributed by atoms with Gasteiger partial charge in [0.05, 0.1) is 15.9 Å². The van der Waals surface area contributed by atoms with E-state index in [1.165, 1.54) is 24.3 Å². The van der Waals surface area contributed by atoms with Gasteiger partial charge in [-0.05, 0) is 47.1 Å². The maximum Gasteiger partial charge on any atom is 0.263 e. The van der Waals surface area contributed by atoms with Crippen LogP contribution in [-0.4, -0.2) is 13.4 Å². The molecule has 112 valence electrons. The molecule has 0 aliphatic rings. The SMILES string of the molecule is Cc1nc(Cl)ccc1NS(=O)(=O)c1cc(Cl)cc(N)c1Br. The van der Waals surface area contributed by atoms with Crippen molar-refractivity contribution in [2.24, 2.45) is 0 Å². The number of anilines is 2. The number of pyridine rings is 1. The Balaban J connectivity index is 2.48. The quantitative estimate of drug-likeness (QED) is 0.594. The first-order valence-corrected chi connectivity index (χ1v) is 8.64. The Kier molecular flexibility index (Phi) is 4.67. The van der Waals surface area contributed by atoms with E-state index in [4.69, 9.17) is 28.9 Å². The van der Waals surface area contributed by atoms with Crippen LogP contribution in [0.2, 0.25) is 10.2 Å². The summed E-state index contributed by atoms with van der Waals surface area (Å²) < 4.78 is 27.6. The van der Waals surface area contributed by atoms with E-state index in [2.05, 4.69) is 25.6 Å². The zero-order chi connectivity index (χ0) is 15.8. The minimum absolute atomic E-state index is 0.0538. The number of halogens is 3. The maximum absolute atomic E-state index is 12.4. The number of hydrogen-bond acceptors (Lipinski definition) is 4. The highest BCUT2D eigenvalue weighted by Gasteiger charge is 2.21. The number of sulfonamides is 1. The van der Waals surface area contributed by atoms with E-state index in [9.17, 15) is 8.42 Å². The fraction of sp³-hybridized carbons (Fsp3) is 0.0833. The van der Waals surface area contributed by atoms with Crippen LogP contribution in [0.1, 0.15) is 5.69 Å². The van der Waals surface area contributed by atoms with Crippen LogP contribution in [0, 0.1) is 6.92 Å². The van der Waals surface area contributed by atoms with Crippen LogP contribution in [0.15, 0.2) is 33.6 Å². The maximum atomic E-state index is 12.4. The lowest BCUT2D eigenvalue weighted by Gasteiger charge is -2.13. The summed E-state index contributed by atoms with van der Waals surface area (Å²) in [5.41, 5.74) is 6.72. The highest BCUT2D eigenvalue weighted by atomic mass is 79.9. The molecule has 0 aliphatic carbocycles. The van der Waals surface area contributed by atoms with Crippen LogP contribution in [0.25, 0.3) is 0 Å². The first-order chi connectivity index (χ1) is 9.70. The summed E-state index contributed by atoms with van der Waals surface area (Å²) in [6.07, 6.45) is 0. The number of nitrogens with zero attached hydrogens (tertiary/aromatic N) is 1. The molecule has 0 amide bonds. The summed E-state index contributed by atoms with van der Waals surface area (Å²) in [6, 6.07) is 5.79. The average molecular weight is 411 g/mol. The number of nitrogen functional groups attached to an aromatic ring is 1. The van der Waals surface area contributed by atoms with Gasteiger partial charge in [-0.25, -0.2) is 13.4 Å². The molecule has 1 heterocycles. The molecule has 0 fully saturated rings. The van der Waals surface area contributed by atoms with Gasteiger partial charge in [-0.15, -0.1) is 0 Å². The minimum atomic E-state index is -3.87. The molecule has 2 aromatic rings. The molecule has 3 N–H and O–H groups in total. The summed E-state index contributed by atoms with van der Waals surface area (Å²) in [6.45, 7) is 1.64. The normalized spacial score (nSPS) is 11.4. The van der Waals surface area contributed by atoms with E-state index < -0.39 is 10.0 Å². The largest absolute Gasteiger partial charge is 0.398 e. The van der Waals surface area contributed by atoms with Crippen molar-refractivity contribution < 1.29 is 8.42 Å². The Morgan fingerprint density at radius 2 is 1.95 bits per heavy atom. The predicted octanol–water partition coefficient (Wildman–Crippen LogP) is 3.84. The van der Waals surface area contributed by atoms with E-state index in [1.54, 1.807) is 6.92 Å². The van der Waals surface area contributed by atoms with E-state index in [0.717, 1.165) is 0 Å². The van der Waals surface area contributed by atoms with Crippen LogP contribution in [0.5, 0.6) is 0 Å². The van der Waals surface area contributed by atoms with Crippen molar-refractivity contribution in [1.29, 1.82) is 0 Å². The summed E-state index contributed by atoms with van der Waals surface area (Å²) in [5.74, 6) is 0. The molecule has 0 spiro atoms. The number of rotatable bonds is 3. The molecule has 0 saturated carbocycles. The van der Waals surface area contributed by atoms with Crippen molar-refractivity contribution in [1.82, 2.24) is 4.98 Å². The third-order valence-corrected chi connectivity index (χ3v) is 5.58. The Morgan fingerprint density at radius 1 is 1.29 bits per heavy atom. The van der Waals surface area contributed by atoms with Gasteiger partial charge in [0, 0.05) is 10.7 Å². The number of aromatic nitrogens is 1. The van der Waals surface area contributed by atoms with Gasteiger partial charge in [-0.1, -0.05) is 23.2 Å². The fourth-order valence-corrected chi connectivity index (χ4v) is 4.22. The zero-order valence-electron chi connectivity index (χ0n) is 10.7. The topological polar surface area (TPSA) is 85.1 Å². The molecule has 0 unspecified atom stereocenters. The standard InChI is InChI=1S/C12H10BrCl2N3O2S/c1-6-9(2-3-11(15)17-6)18-21(19,20)10-5-7(14)4-8(16)12(10)13/h2-5,18H,16H2,1H3. The Bertz CT molecular complexity index is 812. The van der Waals surface area contributed by atoms with Crippen LogP contribution in [0.3, 0.4) is 0 Å². The molecule has 2 rings (SSSR count).